The summed E-state index contributed by atoms with van der Waals surface area (Å²) in [6.07, 6.45) is 0. The highest BCUT2D eigenvalue weighted by Gasteiger charge is 2.29. The minimum Gasteiger partial charge on any atom is -0.316 e. The van der Waals surface area contributed by atoms with Crippen molar-refractivity contribution in [2.45, 2.75) is 0 Å². The Bertz CT molecular complexity index is 425. The SMILES string of the molecule is O=Nc1cccc2c1NC(=O)C2=O. The van der Waals surface area contributed by atoms with Crippen LogP contribution in [0.4, 0.5) is 11.4 Å². The Morgan fingerprint density at radius 2 is 2.00 bits per heavy atom. The van der Waals surface area contributed by atoms with Gasteiger partial charge in [-0.25, -0.2) is 0 Å². The van der Waals surface area contributed by atoms with E-state index in [0.717, 1.165) is 0 Å². The van der Waals surface area contributed by atoms with Crippen LogP contribution in [0, 0.1) is 4.91 Å². The average molecular weight is 176 g/mol. The summed E-state index contributed by atoms with van der Waals surface area (Å²) in [6.45, 7) is 0. The van der Waals surface area contributed by atoms with E-state index in [4.69, 9.17) is 0 Å². The van der Waals surface area contributed by atoms with Gasteiger partial charge in [-0.1, -0.05) is 6.07 Å². The minimum atomic E-state index is -0.717. The van der Waals surface area contributed by atoms with Crippen molar-refractivity contribution in [1.82, 2.24) is 0 Å². The van der Waals surface area contributed by atoms with Crippen molar-refractivity contribution in [3.63, 3.8) is 0 Å². The number of anilines is 1. The summed E-state index contributed by atoms with van der Waals surface area (Å²) in [5.41, 5.74) is 0.506. The number of Topliss-reactive ketones (excluding diaryl/α,β-unsaturated/α-hetero) is 1. The molecule has 0 saturated carbocycles. The molecule has 1 aromatic rings. The Morgan fingerprint density at radius 3 is 2.69 bits per heavy atom. The van der Waals surface area contributed by atoms with Gasteiger partial charge >= 0.3 is 0 Å². The van der Waals surface area contributed by atoms with Gasteiger partial charge < -0.3 is 5.32 Å². The standard InChI is InChI=1S/C8H4N2O3/c11-7-4-2-1-3-5(10-13)6(4)9-8(7)12/h1-3H,(H,9,11,12). The Balaban J connectivity index is 2.68. The van der Waals surface area contributed by atoms with Gasteiger partial charge in [-0.15, -0.1) is 4.91 Å². The fourth-order valence-electron chi connectivity index (χ4n) is 1.23. The maximum absolute atomic E-state index is 11.1. The van der Waals surface area contributed by atoms with Crippen LogP contribution in [-0.4, -0.2) is 11.7 Å². The Hall–Kier alpha value is -2.04. The van der Waals surface area contributed by atoms with Gasteiger partial charge in [0, 0.05) is 0 Å². The summed E-state index contributed by atoms with van der Waals surface area (Å²) in [5, 5.41) is 4.98. The molecule has 13 heavy (non-hydrogen) atoms. The van der Waals surface area contributed by atoms with E-state index in [1.54, 1.807) is 0 Å². The van der Waals surface area contributed by atoms with Crippen LogP contribution >= 0.6 is 0 Å². The zero-order valence-corrected chi connectivity index (χ0v) is 6.40. The van der Waals surface area contributed by atoms with Crippen LogP contribution in [-0.2, 0) is 4.79 Å². The van der Waals surface area contributed by atoms with E-state index in [0.29, 0.717) is 0 Å². The molecule has 1 heterocycles. The van der Waals surface area contributed by atoms with Gasteiger partial charge in [0.2, 0.25) is 0 Å². The zero-order valence-electron chi connectivity index (χ0n) is 6.40. The first-order valence-corrected chi connectivity index (χ1v) is 3.56. The number of amides is 1. The van der Waals surface area contributed by atoms with Crippen LogP contribution in [0.2, 0.25) is 0 Å². The molecule has 0 aliphatic carbocycles. The predicted molar refractivity (Wildman–Crippen MR) is 44.9 cm³/mol. The monoisotopic (exact) mass is 176 g/mol. The third-order valence-electron chi connectivity index (χ3n) is 1.83. The van der Waals surface area contributed by atoms with Crippen molar-refractivity contribution >= 4 is 23.1 Å². The van der Waals surface area contributed by atoms with Gasteiger partial charge in [0.15, 0.2) is 0 Å². The summed E-state index contributed by atoms with van der Waals surface area (Å²) < 4.78 is 0. The topological polar surface area (TPSA) is 75.6 Å². The molecule has 0 spiro atoms. The van der Waals surface area contributed by atoms with Crippen molar-refractivity contribution in [1.29, 1.82) is 0 Å². The quantitative estimate of drug-likeness (QED) is 0.516. The van der Waals surface area contributed by atoms with E-state index in [1.807, 2.05) is 0 Å². The van der Waals surface area contributed by atoms with E-state index in [2.05, 4.69) is 10.5 Å². The van der Waals surface area contributed by atoms with Crippen molar-refractivity contribution in [2.24, 2.45) is 5.18 Å². The summed E-state index contributed by atoms with van der Waals surface area (Å²) in [4.78, 5) is 32.3. The van der Waals surface area contributed by atoms with Crippen LogP contribution in [0.1, 0.15) is 10.4 Å². The summed E-state index contributed by atoms with van der Waals surface area (Å²) >= 11 is 0. The highest BCUT2D eigenvalue weighted by atomic mass is 16.3. The second-order valence-electron chi connectivity index (χ2n) is 2.57. The molecule has 0 bridgehead atoms. The Morgan fingerprint density at radius 1 is 1.23 bits per heavy atom. The lowest BCUT2D eigenvalue weighted by atomic mass is 10.1. The van der Waals surface area contributed by atoms with Crippen molar-refractivity contribution in [2.75, 3.05) is 5.32 Å². The number of hydrogen-bond donors (Lipinski definition) is 1. The second-order valence-corrected chi connectivity index (χ2v) is 2.57. The average Bonchev–Trinajstić information content (AvgIpc) is 2.43. The summed E-state index contributed by atoms with van der Waals surface area (Å²) in [5.74, 6) is -1.34. The molecule has 1 N–H and O–H groups in total. The molecule has 0 saturated heterocycles. The van der Waals surface area contributed by atoms with E-state index in [-0.39, 0.29) is 16.9 Å². The number of rotatable bonds is 1. The summed E-state index contributed by atoms with van der Waals surface area (Å²) in [7, 11) is 0. The minimum absolute atomic E-state index is 0.0803. The molecule has 0 fully saturated rings. The molecule has 1 aliphatic heterocycles. The van der Waals surface area contributed by atoms with E-state index < -0.39 is 11.7 Å². The number of benzene rings is 1. The molecule has 0 atom stereocenters. The third kappa shape index (κ3) is 0.936. The molecule has 0 radical (unpaired) electrons. The molecule has 5 heteroatoms. The van der Waals surface area contributed by atoms with Gasteiger partial charge in [0.1, 0.15) is 5.69 Å². The number of nitroso groups, excluding NO2 is 1. The van der Waals surface area contributed by atoms with E-state index in [1.165, 1.54) is 18.2 Å². The lowest BCUT2D eigenvalue weighted by Gasteiger charge is -1.96. The molecule has 5 nitrogen and oxygen atoms in total. The molecule has 64 valence electrons. The second kappa shape index (κ2) is 2.48. The number of carbonyl (C=O) groups is 2. The van der Waals surface area contributed by atoms with Crippen LogP contribution in [0.5, 0.6) is 0 Å². The maximum Gasteiger partial charge on any atom is 0.296 e. The van der Waals surface area contributed by atoms with E-state index in [9.17, 15) is 14.5 Å². The summed E-state index contributed by atoms with van der Waals surface area (Å²) in [6, 6.07) is 4.42. The smallest absolute Gasteiger partial charge is 0.296 e. The molecular weight excluding hydrogens is 172 g/mol. The molecule has 1 aromatic carbocycles. The highest BCUT2D eigenvalue weighted by molar-refractivity contribution is 6.52. The number of ketones is 1. The van der Waals surface area contributed by atoms with E-state index >= 15 is 0 Å². The van der Waals surface area contributed by atoms with Crippen molar-refractivity contribution < 1.29 is 9.59 Å². The van der Waals surface area contributed by atoms with Crippen LogP contribution in [0.3, 0.4) is 0 Å². The van der Waals surface area contributed by atoms with Gasteiger partial charge in [0.25, 0.3) is 11.7 Å². The first-order chi connectivity index (χ1) is 6.24. The number of fused-ring (bicyclic) bond motifs is 1. The predicted octanol–water partition coefficient (Wildman–Crippen LogP) is 1.22. The third-order valence-corrected chi connectivity index (χ3v) is 1.83. The molecular formula is C8H4N2O3. The number of para-hydroxylation sites is 1. The highest BCUT2D eigenvalue weighted by Crippen LogP contribution is 2.32. The first kappa shape index (κ1) is 7.60. The largest absolute Gasteiger partial charge is 0.316 e. The van der Waals surface area contributed by atoms with Crippen molar-refractivity contribution in [3.05, 3.63) is 28.7 Å². The number of hydrogen-bond acceptors (Lipinski definition) is 4. The fraction of sp³-hybridized carbons (Fsp3) is 0. The maximum atomic E-state index is 11.1. The molecule has 0 unspecified atom stereocenters. The Labute approximate surface area is 72.7 Å². The van der Waals surface area contributed by atoms with Gasteiger partial charge in [0.05, 0.1) is 11.3 Å². The van der Waals surface area contributed by atoms with Crippen LogP contribution in [0.25, 0.3) is 0 Å². The number of carbonyl (C=O) groups excluding carboxylic acids is 2. The molecule has 1 amide bonds. The van der Waals surface area contributed by atoms with Crippen LogP contribution in [0.15, 0.2) is 23.4 Å². The normalized spacial score (nSPS) is 13.8. The molecule has 2 rings (SSSR count). The Kier molecular flexibility index (Phi) is 1.45. The first-order valence-electron chi connectivity index (χ1n) is 3.56. The van der Waals surface area contributed by atoms with Gasteiger partial charge in [-0.2, -0.15) is 0 Å². The van der Waals surface area contributed by atoms with Crippen LogP contribution < -0.4 is 5.32 Å². The van der Waals surface area contributed by atoms with Gasteiger partial charge in [-0.05, 0) is 17.3 Å². The lowest BCUT2D eigenvalue weighted by molar-refractivity contribution is -0.112. The fourth-order valence-corrected chi connectivity index (χ4v) is 1.23. The van der Waals surface area contributed by atoms with Gasteiger partial charge in [-0.3, -0.25) is 9.59 Å². The zero-order chi connectivity index (χ0) is 9.42. The molecule has 1 aliphatic rings. The lowest BCUT2D eigenvalue weighted by Crippen LogP contribution is -2.12. The number of nitrogens with one attached hydrogen (secondary N) is 1. The van der Waals surface area contributed by atoms with Crippen molar-refractivity contribution in [3.8, 4) is 0 Å². The number of nitrogens with zero attached hydrogens (tertiary/aromatic N) is 1. The molecule has 0 aromatic heterocycles.